The van der Waals surface area contributed by atoms with E-state index in [9.17, 15) is 4.79 Å². The minimum Gasteiger partial charge on any atom is -0.332 e. The van der Waals surface area contributed by atoms with Crippen LogP contribution < -0.4 is 0 Å². The van der Waals surface area contributed by atoms with Crippen molar-refractivity contribution in [2.75, 3.05) is 13.1 Å². The van der Waals surface area contributed by atoms with E-state index in [-0.39, 0.29) is 5.91 Å². The second-order valence-corrected chi connectivity index (χ2v) is 4.18. The lowest BCUT2D eigenvalue weighted by Gasteiger charge is -2.19. The first-order chi connectivity index (χ1) is 7.76. The Morgan fingerprint density at radius 2 is 1.81 bits per heavy atom. The SMILES string of the molecule is C#CCN(CCC)C(=O)CCCCCCC. The Balaban J connectivity index is 3.70. The van der Waals surface area contributed by atoms with Crippen LogP contribution in [0.15, 0.2) is 0 Å². The summed E-state index contributed by atoms with van der Waals surface area (Å²) >= 11 is 0. The molecule has 16 heavy (non-hydrogen) atoms. The number of terminal acetylenes is 1. The third-order valence-corrected chi connectivity index (χ3v) is 2.62. The second kappa shape index (κ2) is 10.5. The number of carbonyl (C=O) groups is 1. The molecule has 0 bridgehead atoms. The van der Waals surface area contributed by atoms with Gasteiger partial charge in [-0.25, -0.2) is 0 Å². The van der Waals surface area contributed by atoms with Gasteiger partial charge in [0.25, 0.3) is 0 Å². The largest absolute Gasteiger partial charge is 0.332 e. The molecule has 0 aliphatic carbocycles. The van der Waals surface area contributed by atoms with Crippen LogP contribution in [0.5, 0.6) is 0 Å². The van der Waals surface area contributed by atoms with E-state index in [0.717, 1.165) is 25.8 Å². The van der Waals surface area contributed by atoms with E-state index >= 15 is 0 Å². The standard InChI is InChI=1S/C14H25NO/c1-4-7-8-9-10-11-14(16)15(12-5-2)13-6-3/h2H,4,6-13H2,1,3H3. The van der Waals surface area contributed by atoms with Crippen molar-refractivity contribution in [3.05, 3.63) is 0 Å². The van der Waals surface area contributed by atoms with Gasteiger partial charge >= 0.3 is 0 Å². The Labute approximate surface area is 100 Å². The summed E-state index contributed by atoms with van der Waals surface area (Å²) in [5, 5.41) is 0. The smallest absolute Gasteiger partial charge is 0.223 e. The van der Waals surface area contributed by atoms with Gasteiger partial charge in [0.2, 0.25) is 5.91 Å². The monoisotopic (exact) mass is 223 g/mol. The first kappa shape index (κ1) is 15.0. The van der Waals surface area contributed by atoms with Crippen molar-refractivity contribution >= 4 is 5.91 Å². The van der Waals surface area contributed by atoms with E-state index in [1.165, 1.54) is 19.3 Å². The highest BCUT2D eigenvalue weighted by atomic mass is 16.2. The Bertz CT molecular complexity index is 217. The summed E-state index contributed by atoms with van der Waals surface area (Å²) in [6.45, 7) is 5.51. The third-order valence-electron chi connectivity index (χ3n) is 2.62. The van der Waals surface area contributed by atoms with Gasteiger partial charge in [-0.3, -0.25) is 4.79 Å². The maximum absolute atomic E-state index is 11.8. The predicted octanol–water partition coefficient (Wildman–Crippen LogP) is 3.22. The van der Waals surface area contributed by atoms with Gasteiger partial charge in [-0.1, -0.05) is 45.5 Å². The number of unbranched alkanes of at least 4 members (excludes halogenated alkanes) is 4. The molecule has 2 heteroatoms. The molecule has 0 saturated carbocycles. The molecule has 0 aliphatic heterocycles. The quantitative estimate of drug-likeness (QED) is 0.434. The number of hydrogen-bond donors (Lipinski definition) is 0. The van der Waals surface area contributed by atoms with Crippen LogP contribution in [-0.4, -0.2) is 23.9 Å². The van der Waals surface area contributed by atoms with Gasteiger partial charge in [-0.05, 0) is 12.8 Å². The van der Waals surface area contributed by atoms with Crippen LogP contribution >= 0.6 is 0 Å². The maximum atomic E-state index is 11.8. The molecule has 0 aromatic heterocycles. The van der Waals surface area contributed by atoms with E-state index in [1.807, 2.05) is 0 Å². The van der Waals surface area contributed by atoms with E-state index < -0.39 is 0 Å². The lowest BCUT2D eigenvalue weighted by atomic mass is 10.1. The third kappa shape index (κ3) is 7.34. The lowest BCUT2D eigenvalue weighted by Crippen LogP contribution is -2.31. The van der Waals surface area contributed by atoms with E-state index in [4.69, 9.17) is 6.42 Å². The van der Waals surface area contributed by atoms with Gasteiger partial charge in [0.05, 0.1) is 6.54 Å². The summed E-state index contributed by atoms with van der Waals surface area (Å²) < 4.78 is 0. The summed E-state index contributed by atoms with van der Waals surface area (Å²) in [6.07, 6.45) is 12.8. The molecule has 0 aliphatic rings. The summed E-state index contributed by atoms with van der Waals surface area (Å²) in [6, 6.07) is 0. The van der Waals surface area contributed by atoms with Gasteiger partial charge in [0, 0.05) is 13.0 Å². The summed E-state index contributed by atoms with van der Waals surface area (Å²) in [5.41, 5.74) is 0. The maximum Gasteiger partial charge on any atom is 0.223 e. The summed E-state index contributed by atoms with van der Waals surface area (Å²) in [7, 11) is 0. The van der Waals surface area contributed by atoms with Crippen molar-refractivity contribution in [1.29, 1.82) is 0 Å². The van der Waals surface area contributed by atoms with Crippen molar-refractivity contribution in [3.63, 3.8) is 0 Å². The molecule has 0 unspecified atom stereocenters. The van der Waals surface area contributed by atoms with E-state index in [1.54, 1.807) is 4.90 Å². The number of rotatable bonds is 9. The lowest BCUT2D eigenvalue weighted by molar-refractivity contribution is -0.130. The highest BCUT2D eigenvalue weighted by Crippen LogP contribution is 2.07. The van der Waals surface area contributed by atoms with Crippen LogP contribution in [0.4, 0.5) is 0 Å². The molecule has 0 heterocycles. The zero-order valence-electron chi connectivity index (χ0n) is 10.8. The number of hydrogen-bond acceptors (Lipinski definition) is 1. The van der Waals surface area contributed by atoms with E-state index in [0.29, 0.717) is 13.0 Å². The fourth-order valence-electron chi connectivity index (χ4n) is 1.71. The Morgan fingerprint density at radius 3 is 2.38 bits per heavy atom. The second-order valence-electron chi connectivity index (χ2n) is 4.18. The molecule has 0 rings (SSSR count). The molecule has 0 saturated heterocycles. The van der Waals surface area contributed by atoms with Crippen molar-refractivity contribution in [1.82, 2.24) is 4.90 Å². The average Bonchev–Trinajstić information content (AvgIpc) is 2.28. The molecule has 0 spiro atoms. The number of nitrogens with zero attached hydrogens (tertiary/aromatic N) is 1. The zero-order valence-corrected chi connectivity index (χ0v) is 10.8. The van der Waals surface area contributed by atoms with Crippen molar-refractivity contribution in [2.45, 2.75) is 58.8 Å². The molecule has 0 aromatic carbocycles. The summed E-state index contributed by atoms with van der Waals surface area (Å²) in [5.74, 6) is 2.77. The zero-order chi connectivity index (χ0) is 12.2. The fourth-order valence-corrected chi connectivity index (χ4v) is 1.71. The minimum atomic E-state index is 0.219. The molecule has 1 amide bonds. The highest BCUT2D eigenvalue weighted by Gasteiger charge is 2.10. The molecule has 0 fully saturated rings. The molecule has 2 nitrogen and oxygen atoms in total. The molecule has 0 atom stereocenters. The average molecular weight is 223 g/mol. The first-order valence-electron chi connectivity index (χ1n) is 6.47. The van der Waals surface area contributed by atoms with Crippen molar-refractivity contribution < 1.29 is 4.79 Å². The molecular weight excluding hydrogens is 198 g/mol. The highest BCUT2D eigenvalue weighted by molar-refractivity contribution is 5.76. The normalized spacial score (nSPS) is 9.81. The Hall–Kier alpha value is -0.970. The van der Waals surface area contributed by atoms with Crippen LogP contribution in [0, 0.1) is 12.3 Å². The van der Waals surface area contributed by atoms with Gasteiger partial charge in [-0.15, -0.1) is 6.42 Å². The number of amides is 1. The van der Waals surface area contributed by atoms with Crippen LogP contribution in [0.25, 0.3) is 0 Å². The Kier molecular flexibility index (Phi) is 9.91. The van der Waals surface area contributed by atoms with Gasteiger partial charge in [0.15, 0.2) is 0 Å². The molecule has 0 radical (unpaired) electrons. The fraction of sp³-hybridized carbons (Fsp3) is 0.786. The minimum absolute atomic E-state index is 0.219. The molecule has 92 valence electrons. The topological polar surface area (TPSA) is 20.3 Å². The van der Waals surface area contributed by atoms with Crippen molar-refractivity contribution in [2.24, 2.45) is 0 Å². The van der Waals surface area contributed by atoms with Gasteiger partial charge < -0.3 is 4.90 Å². The molecular formula is C14H25NO. The van der Waals surface area contributed by atoms with Crippen LogP contribution in [-0.2, 0) is 4.79 Å². The summed E-state index contributed by atoms with van der Waals surface area (Å²) in [4.78, 5) is 13.6. The predicted molar refractivity (Wildman–Crippen MR) is 69.1 cm³/mol. The van der Waals surface area contributed by atoms with Gasteiger partial charge in [0.1, 0.15) is 0 Å². The van der Waals surface area contributed by atoms with Gasteiger partial charge in [-0.2, -0.15) is 0 Å². The van der Waals surface area contributed by atoms with Crippen LogP contribution in [0.1, 0.15) is 58.8 Å². The first-order valence-corrected chi connectivity index (χ1v) is 6.47. The van der Waals surface area contributed by atoms with Crippen LogP contribution in [0.3, 0.4) is 0 Å². The molecule has 0 N–H and O–H groups in total. The van der Waals surface area contributed by atoms with Crippen LogP contribution in [0.2, 0.25) is 0 Å². The van der Waals surface area contributed by atoms with E-state index in [2.05, 4.69) is 19.8 Å². The number of carbonyl (C=O) groups excluding carboxylic acids is 1. The Morgan fingerprint density at radius 1 is 1.12 bits per heavy atom. The molecule has 0 aromatic rings. The van der Waals surface area contributed by atoms with Crippen molar-refractivity contribution in [3.8, 4) is 12.3 Å².